The molecule has 1 fully saturated rings. The predicted octanol–water partition coefficient (Wildman–Crippen LogP) is 4.12. The normalized spacial score (nSPS) is 17.1. The van der Waals surface area contributed by atoms with Gasteiger partial charge in [-0.3, -0.25) is 4.79 Å². The van der Waals surface area contributed by atoms with Gasteiger partial charge in [0.05, 0.1) is 10.6 Å². The zero-order chi connectivity index (χ0) is 18.8. The van der Waals surface area contributed by atoms with Crippen molar-refractivity contribution in [2.75, 3.05) is 18.8 Å². The summed E-state index contributed by atoms with van der Waals surface area (Å²) in [7, 11) is 0. The fourth-order valence-corrected chi connectivity index (χ4v) is 4.19. The van der Waals surface area contributed by atoms with E-state index in [1.807, 2.05) is 24.0 Å². The van der Waals surface area contributed by atoms with Crippen molar-refractivity contribution in [1.82, 2.24) is 14.9 Å². The molecule has 4 rings (SSSR count). The summed E-state index contributed by atoms with van der Waals surface area (Å²) < 4.78 is 0. The number of nitrogens with zero attached hydrogens (tertiary/aromatic N) is 3. The molecule has 3 heterocycles. The van der Waals surface area contributed by atoms with E-state index in [0.717, 1.165) is 41.5 Å². The molecule has 6 heteroatoms. The third-order valence-electron chi connectivity index (χ3n) is 4.88. The van der Waals surface area contributed by atoms with Gasteiger partial charge in [-0.15, -0.1) is 11.3 Å². The second kappa shape index (κ2) is 7.48. The lowest BCUT2D eigenvalue weighted by atomic mass is 9.96. The van der Waals surface area contributed by atoms with E-state index in [9.17, 15) is 4.79 Å². The molecule has 1 aliphatic rings. The molecule has 5 nitrogen and oxygen atoms in total. The van der Waals surface area contributed by atoms with Crippen LogP contribution < -0.4 is 5.73 Å². The number of amides is 1. The van der Waals surface area contributed by atoms with Gasteiger partial charge in [0.15, 0.2) is 0 Å². The van der Waals surface area contributed by atoms with Crippen LogP contribution >= 0.6 is 11.3 Å². The molecule has 0 radical (unpaired) electrons. The van der Waals surface area contributed by atoms with Gasteiger partial charge in [-0.2, -0.15) is 0 Å². The van der Waals surface area contributed by atoms with Gasteiger partial charge in [0.1, 0.15) is 5.82 Å². The van der Waals surface area contributed by atoms with Crippen molar-refractivity contribution < 1.29 is 4.79 Å². The summed E-state index contributed by atoms with van der Waals surface area (Å²) in [5.74, 6) is 1.05. The van der Waals surface area contributed by atoms with E-state index in [1.54, 1.807) is 35.6 Å². The summed E-state index contributed by atoms with van der Waals surface area (Å²) in [5.41, 5.74) is 9.00. The van der Waals surface area contributed by atoms with Crippen molar-refractivity contribution in [3.05, 3.63) is 64.9 Å². The SMILES string of the molecule is Cc1cc(-c2cccs2)nc([C@H]2CCCN(C(=O)c3ccc(N)cc3)C2)n1. The molecule has 1 amide bonds. The fourth-order valence-electron chi connectivity index (χ4n) is 3.51. The fraction of sp³-hybridized carbons (Fsp3) is 0.286. The van der Waals surface area contributed by atoms with Gasteiger partial charge in [0, 0.05) is 36.0 Å². The van der Waals surface area contributed by atoms with E-state index in [0.29, 0.717) is 17.8 Å². The van der Waals surface area contributed by atoms with Crippen molar-refractivity contribution in [2.45, 2.75) is 25.7 Å². The number of hydrogen-bond donors (Lipinski definition) is 1. The number of rotatable bonds is 3. The molecule has 1 aromatic carbocycles. The van der Waals surface area contributed by atoms with E-state index < -0.39 is 0 Å². The monoisotopic (exact) mass is 378 g/mol. The zero-order valence-electron chi connectivity index (χ0n) is 15.3. The zero-order valence-corrected chi connectivity index (χ0v) is 16.1. The highest BCUT2D eigenvalue weighted by atomic mass is 32.1. The lowest BCUT2D eigenvalue weighted by Crippen LogP contribution is -2.39. The number of nitrogen functional groups attached to an aromatic ring is 1. The molecule has 2 aromatic heterocycles. The molecule has 2 N–H and O–H groups in total. The Bertz CT molecular complexity index is 937. The third-order valence-corrected chi connectivity index (χ3v) is 5.77. The van der Waals surface area contributed by atoms with E-state index in [4.69, 9.17) is 10.7 Å². The number of likely N-dealkylation sites (tertiary alicyclic amines) is 1. The molecule has 1 atom stereocenters. The number of aromatic nitrogens is 2. The van der Waals surface area contributed by atoms with Crippen LogP contribution in [0.15, 0.2) is 47.8 Å². The number of carbonyl (C=O) groups excluding carboxylic acids is 1. The van der Waals surface area contributed by atoms with Crippen LogP contribution in [-0.2, 0) is 0 Å². The first kappa shape index (κ1) is 17.7. The van der Waals surface area contributed by atoms with Crippen LogP contribution in [0.3, 0.4) is 0 Å². The van der Waals surface area contributed by atoms with Crippen LogP contribution in [0.5, 0.6) is 0 Å². The summed E-state index contributed by atoms with van der Waals surface area (Å²) in [6.07, 6.45) is 1.95. The van der Waals surface area contributed by atoms with E-state index in [2.05, 4.69) is 16.4 Å². The highest BCUT2D eigenvalue weighted by Gasteiger charge is 2.27. The molecule has 0 aliphatic carbocycles. The van der Waals surface area contributed by atoms with Gasteiger partial charge < -0.3 is 10.6 Å². The minimum absolute atomic E-state index is 0.0471. The topological polar surface area (TPSA) is 72.1 Å². The van der Waals surface area contributed by atoms with Gasteiger partial charge in [-0.1, -0.05) is 6.07 Å². The molecule has 138 valence electrons. The molecular formula is C21H22N4OS. The number of nitrogens with two attached hydrogens (primary N) is 1. The molecule has 0 unspecified atom stereocenters. The first-order valence-electron chi connectivity index (χ1n) is 9.14. The van der Waals surface area contributed by atoms with Crippen LogP contribution in [0.4, 0.5) is 5.69 Å². The Kier molecular flexibility index (Phi) is 4.90. The van der Waals surface area contributed by atoms with Crippen molar-refractivity contribution in [3.63, 3.8) is 0 Å². The molecule has 1 saturated heterocycles. The molecule has 0 spiro atoms. The minimum atomic E-state index is 0.0471. The van der Waals surface area contributed by atoms with Gasteiger partial charge in [0.25, 0.3) is 5.91 Å². The lowest BCUT2D eigenvalue weighted by Gasteiger charge is -2.32. The third kappa shape index (κ3) is 3.85. The van der Waals surface area contributed by atoms with Crippen LogP contribution in [-0.4, -0.2) is 33.9 Å². The molecule has 27 heavy (non-hydrogen) atoms. The Labute approximate surface area is 162 Å². The molecule has 0 saturated carbocycles. The molecule has 0 bridgehead atoms. The average Bonchev–Trinajstić information content (AvgIpc) is 3.23. The summed E-state index contributed by atoms with van der Waals surface area (Å²) in [5, 5.41) is 2.06. The maximum Gasteiger partial charge on any atom is 0.253 e. The number of benzene rings is 1. The maximum atomic E-state index is 12.9. The summed E-state index contributed by atoms with van der Waals surface area (Å²) in [6, 6.07) is 13.3. The van der Waals surface area contributed by atoms with Crippen molar-refractivity contribution in [3.8, 4) is 10.6 Å². The molecule has 1 aliphatic heterocycles. The Balaban J connectivity index is 1.56. The standard InChI is InChI=1S/C21H22N4OS/c1-14-12-18(19-5-3-11-27-19)24-20(23-14)16-4-2-10-25(13-16)21(26)15-6-8-17(22)9-7-15/h3,5-9,11-12,16H,2,4,10,13,22H2,1H3/t16-/m0/s1. The number of piperidine rings is 1. The lowest BCUT2D eigenvalue weighted by molar-refractivity contribution is 0.0704. The first-order valence-corrected chi connectivity index (χ1v) is 10.0. The van der Waals surface area contributed by atoms with Crippen molar-refractivity contribution in [1.29, 1.82) is 0 Å². The van der Waals surface area contributed by atoms with Crippen molar-refractivity contribution in [2.24, 2.45) is 0 Å². The smallest absolute Gasteiger partial charge is 0.253 e. The molecule has 3 aromatic rings. The Morgan fingerprint density at radius 2 is 2.04 bits per heavy atom. The predicted molar refractivity (Wildman–Crippen MR) is 109 cm³/mol. The Morgan fingerprint density at radius 1 is 1.22 bits per heavy atom. The second-order valence-corrected chi connectivity index (χ2v) is 7.89. The quantitative estimate of drug-likeness (QED) is 0.696. The largest absolute Gasteiger partial charge is 0.399 e. The van der Waals surface area contributed by atoms with E-state index in [-0.39, 0.29) is 11.8 Å². The van der Waals surface area contributed by atoms with Crippen LogP contribution in [0, 0.1) is 6.92 Å². The number of hydrogen-bond acceptors (Lipinski definition) is 5. The minimum Gasteiger partial charge on any atom is -0.399 e. The van der Waals surface area contributed by atoms with Gasteiger partial charge >= 0.3 is 0 Å². The van der Waals surface area contributed by atoms with Gasteiger partial charge in [-0.25, -0.2) is 9.97 Å². The Hall–Kier alpha value is -2.73. The Morgan fingerprint density at radius 3 is 2.78 bits per heavy atom. The van der Waals surface area contributed by atoms with Crippen LogP contribution in [0.25, 0.3) is 10.6 Å². The highest BCUT2D eigenvalue weighted by molar-refractivity contribution is 7.13. The van der Waals surface area contributed by atoms with E-state index >= 15 is 0 Å². The number of thiophene rings is 1. The van der Waals surface area contributed by atoms with Gasteiger partial charge in [-0.05, 0) is 61.5 Å². The second-order valence-electron chi connectivity index (χ2n) is 6.94. The van der Waals surface area contributed by atoms with E-state index in [1.165, 1.54) is 0 Å². The number of carbonyl (C=O) groups is 1. The number of anilines is 1. The summed E-state index contributed by atoms with van der Waals surface area (Å²) >= 11 is 1.68. The van der Waals surface area contributed by atoms with Crippen LogP contribution in [0.1, 0.15) is 40.6 Å². The molecular weight excluding hydrogens is 356 g/mol. The summed E-state index contributed by atoms with van der Waals surface area (Å²) in [6.45, 7) is 3.42. The number of aryl methyl sites for hydroxylation is 1. The van der Waals surface area contributed by atoms with Crippen LogP contribution in [0.2, 0.25) is 0 Å². The first-order chi connectivity index (χ1) is 13.1. The summed E-state index contributed by atoms with van der Waals surface area (Å²) in [4.78, 5) is 25.4. The highest BCUT2D eigenvalue weighted by Crippen LogP contribution is 2.29. The van der Waals surface area contributed by atoms with Crippen molar-refractivity contribution >= 4 is 22.9 Å². The van der Waals surface area contributed by atoms with Gasteiger partial charge in [0.2, 0.25) is 0 Å². The average molecular weight is 379 g/mol. The maximum absolute atomic E-state index is 12.9.